The molecule has 2 heterocycles. The lowest BCUT2D eigenvalue weighted by Gasteiger charge is -2.08. The summed E-state index contributed by atoms with van der Waals surface area (Å²) in [5.41, 5.74) is 0.981. The van der Waals surface area contributed by atoms with Crippen molar-refractivity contribution in [3.8, 4) is 0 Å². The van der Waals surface area contributed by atoms with Crippen molar-refractivity contribution < 1.29 is 12.8 Å². The number of rotatable bonds is 5. The molecule has 0 saturated heterocycles. The van der Waals surface area contributed by atoms with E-state index in [0.717, 1.165) is 30.0 Å². The molecular formula is C16H17FN2O2S2. The molecule has 0 spiro atoms. The quantitative estimate of drug-likeness (QED) is 0.708. The minimum absolute atomic E-state index is 0.0399. The van der Waals surface area contributed by atoms with Crippen molar-refractivity contribution in [2.75, 3.05) is 20.6 Å². The average molecular weight is 352 g/mol. The minimum atomic E-state index is -3.80. The number of benzene rings is 1. The van der Waals surface area contributed by atoms with Gasteiger partial charge in [-0.3, -0.25) is 0 Å². The number of hydrogen-bond donors (Lipinski definition) is 0. The molecule has 0 amide bonds. The maximum atomic E-state index is 13.4. The van der Waals surface area contributed by atoms with E-state index >= 15 is 0 Å². The molecule has 0 atom stereocenters. The molecule has 3 rings (SSSR count). The van der Waals surface area contributed by atoms with E-state index in [9.17, 15) is 12.8 Å². The van der Waals surface area contributed by atoms with Crippen LogP contribution in [0.15, 0.2) is 46.8 Å². The first-order valence-electron chi connectivity index (χ1n) is 7.13. The van der Waals surface area contributed by atoms with Gasteiger partial charge in [0.1, 0.15) is 10.6 Å². The number of likely N-dealkylation sites (N-methyl/N-ethyl adjacent to an activating group) is 1. The molecule has 3 aromatic rings. The fourth-order valence-corrected chi connectivity index (χ4v) is 5.01. The van der Waals surface area contributed by atoms with Crippen molar-refractivity contribution >= 4 is 31.6 Å². The second-order valence-electron chi connectivity index (χ2n) is 5.61. The Morgan fingerprint density at radius 2 is 2.04 bits per heavy atom. The number of nitrogens with zero attached hydrogens (tertiary/aromatic N) is 2. The Morgan fingerprint density at radius 1 is 1.26 bits per heavy atom. The lowest BCUT2D eigenvalue weighted by molar-refractivity contribution is 0.414. The summed E-state index contributed by atoms with van der Waals surface area (Å²) in [4.78, 5) is 2.68. The molecule has 122 valence electrons. The van der Waals surface area contributed by atoms with Crippen LogP contribution < -0.4 is 0 Å². The molecule has 4 nitrogen and oxygen atoms in total. The van der Waals surface area contributed by atoms with Gasteiger partial charge in [0, 0.05) is 18.1 Å². The van der Waals surface area contributed by atoms with Gasteiger partial charge in [-0.1, -0.05) is 6.07 Å². The van der Waals surface area contributed by atoms with E-state index in [1.54, 1.807) is 6.20 Å². The predicted molar refractivity (Wildman–Crippen MR) is 91.1 cm³/mol. The van der Waals surface area contributed by atoms with E-state index in [2.05, 4.69) is 4.90 Å². The molecule has 0 bridgehead atoms. The lowest BCUT2D eigenvalue weighted by atomic mass is 10.2. The van der Waals surface area contributed by atoms with Crippen molar-refractivity contribution in [2.24, 2.45) is 0 Å². The van der Waals surface area contributed by atoms with Crippen LogP contribution in [0.25, 0.3) is 10.2 Å². The molecule has 2 aromatic heterocycles. The smallest absolute Gasteiger partial charge is 0.268 e. The highest BCUT2D eigenvalue weighted by Crippen LogP contribution is 2.30. The fourth-order valence-electron chi connectivity index (χ4n) is 2.45. The highest BCUT2D eigenvalue weighted by atomic mass is 32.2. The first kappa shape index (κ1) is 16.2. The van der Waals surface area contributed by atoms with Gasteiger partial charge >= 0.3 is 0 Å². The topological polar surface area (TPSA) is 42.3 Å². The molecule has 0 aliphatic carbocycles. The Hall–Kier alpha value is -1.70. The van der Waals surface area contributed by atoms with E-state index in [-0.39, 0.29) is 4.90 Å². The average Bonchev–Trinajstić information content (AvgIpc) is 3.07. The standard InChI is InChI=1S/C16H17FN2O2S2/c1-18(2)8-6-12-11-19(16-15(12)7-9-22-16)23(20,21)14-5-3-4-13(17)10-14/h3-5,7,9-11H,6,8H2,1-2H3. The van der Waals surface area contributed by atoms with Gasteiger partial charge in [0.05, 0.1) is 4.90 Å². The molecule has 23 heavy (non-hydrogen) atoms. The van der Waals surface area contributed by atoms with Crippen LogP contribution in [0.3, 0.4) is 0 Å². The van der Waals surface area contributed by atoms with E-state index in [1.165, 1.54) is 33.5 Å². The van der Waals surface area contributed by atoms with Crippen molar-refractivity contribution in [3.63, 3.8) is 0 Å². The van der Waals surface area contributed by atoms with Crippen LogP contribution in [0, 0.1) is 5.82 Å². The molecule has 0 fully saturated rings. The molecule has 7 heteroatoms. The van der Waals surface area contributed by atoms with Crippen molar-refractivity contribution in [1.82, 2.24) is 8.87 Å². The Balaban J connectivity index is 2.11. The minimum Gasteiger partial charge on any atom is -0.309 e. The Labute approximate surface area is 138 Å². The predicted octanol–water partition coefficient (Wildman–Crippen LogP) is 3.18. The van der Waals surface area contributed by atoms with E-state index in [1.807, 2.05) is 25.5 Å². The van der Waals surface area contributed by atoms with Crippen LogP contribution in [-0.2, 0) is 16.4 Å². The van der Waals surface area contributed by atoms with Gasteiger partial charge < -0.3 is 4.90 Å². The Bertz CT molecular complexity index is 942. The van der Waals surface area contributed by atoms with Gasteiger partial charge in [-0.25, -0.2) is 16.8 Å². The summed E-state index contributed by atoms with van der Waals surface area (Å²) in [7, 11) is 0.153. The maximum Gasteiger partial charge on any atom is 0.268 e. The normalized spacial score (nSPS) is 12.3. The van der Waals surface area contributed by atoms with E-state index in [4.69, 9.17) is 0 Å². The molecule has 0 N–H and O–H groups in total. The van der Waals surface area contributed by atoms with Gasteiger partial charge in [0.2, 0.25) is 0 Å². The van der Waals surface area contributed by atoms with Crippen LogP contribution in [0.5, 0.6) is 0 Å². The summed E-state index contributed by atoms with van der Waals surface area (Å²) in [6.45, 7) is 0.828. The zero-order valence-electron chi connectivity index (χ0n) is 12.9. The van der Waals surface area contributed by atoms with Gasteiger partial charge in [-0.2, -0.15) is 0 Å². The number of aromatic nitrogens is 1. The number of hydrogen-bond acceptors (Lipinski definition) is 4. The molecule has 1 aromatic carbocycles. The van der Waals surface area contributed by atoms with Crippen LogP contribution >= 0.6 is 11.3 Å². The van der Waals surface area contributed by atoms with Crippen molar-refractivity contribution in [2.45, 2.75) is 11.3 Å². The fraction of sp³-hybridized carbons (Fsp3) is 0.250. The van der Waals surface area contributed by atoms with Gasteiger partial charge in [0.15, 0.2) is 0 Å². The lowest BCUT2D eigenvalue weighted by Crippen LogP contribution is -2.15. The number of fused-ring (bicyclic) bond motifs is 1. The third-order valence-corrected chi connectivity index (χ3v) is 6.33. The van der Waals surface area contributed by atoms with Gasteiger partial charge in [-0.05, 0) is 55.7 Å². The first-order chi connectivity index (χ1) is 10.9. The van der Waals surface area contributed by atoms with Gasteiger partial charge in [0.25, 0.3) is 10.0 Å². The summed E-state index contributed by atoms with van der Waals surface area (Å²) in [5.74, 6) is -0.562. The maximum absolute atomic E-state index is 13.4. The molecule has 0 saturated carbocycles. The second-order valence-corrected chi connectivity index (χ2v) is 8.31. The summed E-state index contributed by atoms with van der Waals surface area (Å²) in [5, 5.41) is 2.82. The van der Waals surface area contributed by atoms with Crippen LogP contribution in [-0.4, -0.2) is 37.9 Å². The van der Waals surface area contributed by atoms with E-state index < -0.39 is 15.8 Å². The highest BCUT2D eigenvalue weighted by Gasteiger charge is 2.22. The highest BCUT2D eigenvalue weighted by molar-refractivity contribution is 7.90. The molecular weight excluding hydrogens is 335 g/mol. The molecule has 0 radical (unpaired) electrons. The Morgan fingerprint density at radius 3 is 2.74 bits per heavy atom. The summed E-state index contributed by atoms with van der Waals surface area (Å²) < 4.78 is 40.4. The zero-order chi connectivity index (χ0) is 16.6. The Kier molecular flexibility index (Phi) is 4.27. The molecule has 0 aliphatic rings. The monoisotopic (exact) mass is 352 g/mol. The van der Waals surface area contributed by atoms with E-state index in [0.29, 0.717) is 4.83 Å². The molecule has 0 unspecified atom stereocenters. The number of halogens is 1. The van der Waals surface area contributed by atoms with Crippen LogP contribution in [0.1, 0.15) is 5.56 Å². The zero-order valence-corrected chi connectivity index (χ0v) is 14.5. The summed E-state index contributed by atoms with van der Waals surface area (Å²) in [6, 6.07) is 7.04. The third-order valence-electron chi connectivity index (χ3n) is 3.65. The van der Waals surface area contributed by atoms with Crippen LogP contribution in [0.4, 0.5) is 4.39 Å². The van der Waals surface area contributed by atoms with Gasteiger partial charge in [-0.15, -0.1) is 11.3 Å². The summed E-state index contributed by atoms with van der Waals surface area (Å²) in [6.07, 6.45) is 2.41. The van der Waals surface area contributed by atoms with Crippen LogP contribution in [0.2, 0.25) is 0 Å². The largest absolute Gasteiger partial charge is 0.309 e. The number of thiophene rings is 1. The second kappa shape index (κ2) is 6.07. The third kappa shape index (κ3) is 3.04. The SMILES string of the molecule is CN(C)CCc1cn(S(=O)(=O)c2cccc(F)c2)c2sccc12. The molecule has 0 aliphatic heterocycles. The van der Waals surface area contributed by atoms with Crippen molar-refractivity contribution in [3.05, 3.63) is 53.3 Å². The van der Waals surface area contributed by atoms with Crippen molar-refractivity contribution in [1.29, 1.82) is 0 Å². The summed E-state index contributed by atoms with van der Waals surface area (Å²) >= 11 is 1.37. The first-order valence-corrected chi connectivity index (χ1v) is 9.45.